The second-order valence-corrected chi connectivity index (χ2v) is 15.1. The summed E-state index contributed by atoms with van der Waals surface area (Å²) < 4.78 is 26.0. The topological polar surface area (TPSA) is 61.0 Å². The molecule has 0 amide bonds. The molecule has 1 atom stereocenters. The molecule has 0 aliphatic carbocycles. The molecule has 0 saturated heterocycles. The molecule has 2 aliphatic heterocycles. The number of methoxy groups -OCH3 is 2. The van der Waals surface area contributed by atoms with E-state index in [-0.39, 0.29) is 0 Å². The summed E-state index contributed by atoms with van der Waals surface area (Å²) in [5, 5.41) is 12.2. The van der Waals surface area contributed by atoms with Crippen molar-refractivity contribution in [2.24, 2.45) is 0 Å². The van der Waals surface area contributed by atoms with Crippen LogP contribution in [0.1, 0.15) is 0 Å². The molecule has 1 spiro atoms. The molecule has 2 N–H and O–H groups in total. The SMILES string of the molecule is COc1ccc(-c2cc3ccccc3c3c2N[P+]2(Nc4ccccc4-c4ccccc4O2)Oc2c(-c4ccc(OC)cc4)cc4ccccc4c2-3)cc1. The molecule has 1 unspecified atom stereocenters. The van der Waals surface area contributed by atoms with E-state index in [1.165, 1.54) is 0 Å². The first-order valence-corrected chi connectivity index (χ1v) is 19.2. The van der Waals surface area contributed by atoms with Gasteiger partial charge in [0.2, 0.25) is 5.75 Å². The van der Waals surface area contributed by atoms with Gasteiger partial charge in [0.1, 0.15) is 11.5 Å². The summed E-state index contributed by atoms with van der Waals surface area (Å²) in [6.45, 7) is 0. The molecule has 8 aromatic carbocycles. The lowest BCUT2D eigenvalue weighted by atomic mass is 9.86. The zero-order chi connectivity index (χ0) is 35.5. The Morgan fingerprint density at radius 2 is 1.02 bits per heavy atom. The fourth-order valence-electron chi connectivity index (χ4n) is 7.67. The molecule has 10 rings (SSSR count). The Kier molecular flexibility index (Phi) is 7.27. The van der Waals surface area contributed by atoms with Crippen molar-refractivity contribution in [1.82, 2.24) is 0 Å². The minimum Gasteiger partial charge on any atom is -0.497 e. The first-order chi connectivity index (χ1) is 26.1. The molecule has 2 aliphatic rings. The van der Waals surface area contributed by atoms with Crippen molar-refractivity contribution >= 4 is 40.9 Å². The van der Waals surface area contributed by atoms with Gasteiger partial charge >= 0.3 is 8.02 Å². The molecule has 6 nitrogen and oxygen atoms in total. The number of fused-ring (bicyclic) bond motifs is 10. The second kappa shape index (κ2) is 12.3. The molecule has 0 fully saturated rings. The summed E-state index contributed by atoms with van der Waals surface area (Å²) in [6.07, 6.45) is 0. The molecule has 7 heteroatoms. The summed E-state index contributed by atoms with van der Waals surface area (Å²) in [4.78, 5) is 0. The van der Waals surface area contributed by atoms with E-state index >= 15 is 0 Å². The van der Waals surface area contributed by atoms with E-state index in [1.807, 2.05) is 48.5 Å². The third-order valence-electron chi connectivity index (χ3n) is 10.2. The monoisotopic (exact) mass is 709 g/mol. The normalized spacial score (nSPS) is 15.3. The Morgan fingerprint density at radius 1 is 0.472 bits per heavy atom. The highest BCUT2D eigenvalue weighted by atomic mass is 31.2. The van der Waals surface area contributed by atoms with E-state index in [4.69, 9.17) is 18.5 Å². The number of rotatable bonds is 4. The molecule has 53 heavy (non-hydrogen) atoms. The molecule has 0 saturated carbocycles. The summed E-state index contributed by atoms with van der Waals surface area (Å²) in [5.41, 5.74) is 9.92. The average Bonchev–Trinajstić information content (AvgIpc) is 3.45. The molecule has 0 aromatic heterocycles. The van der Waals surface area contributed by atoms with E-state index in [1.54, 1.807) is 14.2 Å². The first-order valence-electron chi connectivity index (χ1n) is 17.6. The molecular formula is C46H34N2O4P+. The molecular weight excluding hydrogens is 675 g/mol. The number of para-hydroxylation sites is 2. The maximum absolute atomic E-state index is 7.60. The van der Waals surface area contributed by atoms with Crippen LogP contribution in [0, 0.1) is 0 Å². The minimum atomic E-state index is -3.33. The van der Waals surface area contributed by atoms with Crippen molar-refractivity contribution in [3.05, 3.63) is 158 Å². The number of ether oxygens (including phenoxy) is 2. The average molecular weight is 710 g/mol. The van der Waals surface area contributed by atoms with Crippen LogP contribution in [0.15, 0.2) is 158 Å². The number of nitrogens with one attached hydrogen (secondary N) is 2. The van der Waals surface area contributed by atoms with Crippen LogP contribution in [0.5, 0.6) is 23.0 Å². The maximum Gasteiger partial charge on any atom is 0.572 e. The van der Waals surface area contributed by atoms with Crippen LogP contribution in [-0.2, 0) is 0 Å². The molecule has 0 bridgehead atoms. The van der Waals surface area contributed by atoms with E-state index < -0.39 is 8.02 Å². The number of hydrogen-bond donors (Lipinski definition) is 2. The third-order valence-corrected chi connectivity index (χ3v) is 12.1. The van der Waals surface area contributed by atoms with Crippen molar-refractivity contribution in [2.45, 2.75) is 0 Å². The lowest BCUT2D eigenvalue weighted by molar-refractivity contribution is 0.415. The van der Waals surface area contributed by atoms with Gasteiger partial charge in [-0.05, 0) is 81.2 Å². The van der Waals surface area contributed by atoms with E-state index in [0.29, 0.717) is 0 Å². The van der Waals surface area contributed by atoms with E-state index in [2.05, 4.69) is 119 Å². The van der Waals surface area contributed by atoms with Gasteiger partial charge in [0.25, 0.3) is 0 Å². The van der Waals surface area contributed by atoms with Crippen LogP contribution in [0.4, 0.5) is 11.4 Å². The largest absolute Gasteiger partial charge is 0.572 e. The Morgan fingerprint density at radius 3 is 1.70 bits per heavy atom. The van der Waals surface area contributed by atoms with Gasteiger partial charge in [-0.3, -0.25) is 9.05 Å². The summed E-state index contributed by atoms with van der Waals surface area (Å²) in [7, 11) is 0.0484. The van der Waals surface area contributed by atoms with Crippen LogP contribution >= 0.6 is 8.02 Å². The van der Waals surface area contributed by atoms with Crippen LogP contribution in [0.25, 0.3) is 66.1 Å². The van der Waals surface area contributed by atoms with Gasteiger partial charge in [-0.15, -0.1) is 0 Å². The van der Waals surface area contributed by atoms with Crippen molar-refractivity contribution in [2.75, 3.05) is 24.4 Å². The van der Waals surface area contributed by atoms with Crippen molar-refractivity contribution in [1.29, 1.82) is 0 Å². The van der Waals surface area contributed by atoms with E-state index in [0.717, 1.165) is 100 Å². The Labute approximate surface area is 308 Å². The van der Waals surface area contributed by atoms with Gasteiger partial charge in [0.15, 0.2) is 5.75 Å². The van der Waals surface area contributed by atoms with Gasteiger partial charge in [-0.1, -0.05) is 109 Å². The van der Waals surface area contributed by atoms with Crippen molar-refractivity contribution in [3.8, 4) is 67.5 Å². The first kappa shape index (κ1) is 31.3. The number of benzene rings is 8. The molecule has 256 valence electrons. The maximum atomic E-state index is 7.60. The molecule has 8 aromatic rings. The van der Waals surface area contributed by atoms with Gasteiger partial charge in [-0.2, -0.15) is 10.2 Å². The predicted octanol–water partition coefficient (Wildman–Crippen LogP) is 12.7. The zero-order valence-electron chi connectivity index (χ0n) is 29.1. The van der Waals surface area contributed by atoms with Gasteiger partial charge in [0.05, 0.1) is 25.6 Å². The predicted molar refractivity (Wildman–Crippen MR) is 218 cm³/mol. The van der Waals surface area contributed by atoms with Crippen LogP contribution in [0.3, 0.4) is 0 Å². The smallest absolute Gasteiger partial charge is 0.497 e. The van der Waals surface area contributed by atoms with Crippen molar-refractivity contribution < 1.29 is 18.5 Å². The fraction of sp³-hybridized carbons (Fsp3) is 0.0435. The zero-order valence-corrected chi connectivity index (χ0v) is 30.0. The Hall–Kier alpha value is -6.49. The standard InChI is InChI=1S/C46H34N2O4P/c1-49-33-23-19-29(20-24-33)39-27-31-11-3-5-13-35(31)43-44-36-14-6-4-12-32(36)28-40(30-21-25-34(50-2)26-22-30)46(44)52-53(48-45(39)43)47-41-17-9-7-15-37(41)38-16-8-10-18-42(38)51-53/h3-28,47-48H,1-2H3/q+1. The van der Waals surface area contributed by atoms with Gasteiger partial charge in [0, 0.05) is 33.4 Å². The lowest BCUT2D eigenvalue weighted by Gasteiger charge is -2.24. The number of hydrogen-bond acceptors (Lipinski definition) is 6. The lowest BCUT2D eigenvalue weighted by Crippen LogP contribution is -2.23. The summed E-state index contributed by atoms with van der Waals surface area (Å²) in [6, 6.07) is 54.5. The van der Waals surface area contributed by atoms with Crippen molar-refractivity contribution in [3.63, 3.8) is 0 Å². The third kappa shape index (κ3) is 5.14. The minimum absolute atomic E-state index is 0.731. The highest BCUT2D eigenvalue weighted by molar-refractivity contribution is 7.70. The van der Waals surface area contributed by atoms with Gasteiger partial charge < -0.3 is 9.47 Å². The second-order valence-electron chi connectivity index (χ2n) is 13.2. The Balaban J connectivity index is 1.36. The molecule has 2 heterocycles. The quantitative estimate of drug-likeness (QED) is 0.177. The van der Waals surface area contributed by atoms with Crippen LogP contribution in [0.2, 0.25) is 0 Å². The highest BCUT2D eigenvalue weighted by Crippen LogP contribution is 2.69. The Bertz CT molecular complexity index is 2520. The van der Waals surface area contributed by atoms with Gasteiger partial charge in [-0.25, -0.2) is 0 Å². The van der Waals surface area contributed by atoms with Crippen LogP contribution in [-0.4, -0.2) is 14.2 Å². The summed E-state index contributed by atoms with van der Waals surface area (Å²) >= 11 is 0. The summed E-state index contributed by atoms with van der Waals surface area (Å²) in [5.74, 6) is 3.04. The van der Waals surface area contributed by atoms with E-state index in [9.17, 15) is 0 Å². The fourth-order valence-corrected chi connectivity index (χ4v) is 9.87. The molecule has 0 radical (unpaired) electrons. The number of anilines is 2. The van der Waals surface area contributed by atoms with Crippen LogP contribution < -0.4 is 28.7 Å². The highest BCUT2D eigenvalue weighted by Gasteiger charge is 2.54.